The second kappa shape index (κ2) is 15.6. The van der Waals surface area contributed by atoms with Crippen molar-refractivity contribution in [3.05, 3.63) is 83.4 Å². The predicted octanol–water partition coefficient (Wildman–Crippen LogP) is 5.52. The smallest absolute Gasteiger partial charge is 0.264 e. The number of nitrogens with zero attached hydrogens (tertiary/aromatic N) is 2. The normalized spacial score (nSPS) is 12.0. The van der Waals surface area contributed by atoms with E-state index < -0.39 is 28.5 Å². The van der Waals surface area contributed by atoms with E-state index in [-0.39, 0.29) is 35.6 Å². The molecule has 0 aliphatic heterocycles. The van der Waals surface area contributed by atoms with Crippen molar-refractivity contribution in [2.24, 2.45) is 5.92 Å². The fourth-order valence-electron chi connectivity index (χ4n) is 4.50. The van der Waals surface area contributed by atoms with Crippen LogP contribution in [0.25, 0.3) is 0 Å². The first-order chi connectivity index (χ1) is 20.5. The minimum atomic E-state index is -4.27. The summed E-state index contributed by atoms with van der Waals surface area (Å²) >= 11 is 6.04. The van der Waals surface area contributed by atoms with Crippen LogP contribution >= 0.6 is 11.6 Å². The molecular formula is C32H40ClN3O6S. The van der Waals surface area contributed by atoms with Gasteiger partial charge in [-0.05, 0) is 73.4 Å². The van der Waals surface area contributed by atoms with Gasteiger partial charge in [-0.15, -0.1) is 0 Å². The van der Waals surface area contributed by atoms with Crippen LogP contribution < -0.4 is 19.1 Å². The molecule has 0 aliphatic rings. The van der Waals surface area contributed by atoms with Crippen LogP contribution in [0.2, 0.25) is 5.02 Å². The minimum Gasteiger partial charge on any atom is -0.497 e. The molecule has 1 atom stereocenters. The molecular weight excluding hydrogens is 590 g/mol. The number of carbonyl (C=O) groups is 2. The van der Waals surface area contributed by atoms with Crippen LogP contribution in [0.3, 0.4) is 0 Å². The Morgan fingerprint density at radius 2 is 1.67 bits per heavy atom. The largest absolute Gasteiger partial charge is 0.497 e. The van der Waals surface area contributed by atoms with E-state index in [0.717, 1.165) is 9.87 Å². The number of methoxy groups -OCH3 is 1. The molecule has 2 amide bonds. The highest BCUT2D eigenvalue weighted by Gasteiger charge is 2.34. The first-order valence-corrected chi connectivity index (χ1v) is 16.0. The van der Waals surface area contributed by atoms with Crippen molar-refractivity contribution in [3.63, 3.8) is 0 Å². The third-order valence-electron chi connectivity index (χ3n) is 6.67. The Hall–Kier alpha value is -3.76. The van der Waals surface area contributed by atoms with Crippen molar-refractivity contribution in [3.8, 4) is 11.5 Å². The molecule has 3 rings (SSSR count). The number of sulfonamides is 1. The molecule has 232 valence electrons. The summed E-state index contributed by atoms with van der Waals surface area (Å²) in [5, 5.41) is 3.30. The molecule has 0 heterocycles. The maximum absolute atomic E-state index is 14.3. The lowest BCUT2D eigenvalue weighted by Gasteiger charge is -2.33. The maximum Gasteiger partial charge on any atom is 0.264 e. The molecule has 0 saturated carbocycles. The van der Waals surface area contributed by atoms with E-state index in [1.54, 1.807) is 56.5 Å². The summed E-state index contributed by atoms with van der Waals surface area (Å²) in [6, 6.07) is 18.7. The number of halogens is 1. The van der Waals surface area contributed by atoms with Crippen molar-refractivity contribution in [1.82, 2.24) is 10.2 Å². The first kappa shape index (κ1) is 33.7. The summed E-state index contributed by atoms with van der Waals surface area (Å²) in [6.45, 7) is 7.78. The van der Waals surface area contributed by atoms with E-state index in [0.29, 0.717) is 29.5 Å². The number of benzene rings is 3. The first-order valence-electron chi connectivity index (χ1n) is 14.2. The Morgan fingerprint density at radius 1 is 0.977 bits per heavy atom. The molecule has 43 heavy (non-hydrogen) atoms. The average molecular weight is 630 g/mol. The molecule has 0 bridgehead atoms. The van der Waals surface area contributed by atoms with Gasteiger partial charge in [-0.3, -0.25) is 13.9 Å². The molecule has 0 spiro atoms. The molecule has 3 aromatic carbocycles. The van der Waals surface area contributed by atoms with E-state index in [2.05, 4.69) is 5.32 Å². The van der Waals surface area contributed by atoms with E-state index in [9.17, 15) is 18.0 Å². The SMILES string of the molecule is CCOc1ccccc1N(CC(=O)N(Cc1cccc(OC)c1)[C@H](CC)C(=O)NCC(C)C)S(=O)(=O)c1ccc(Cl)cc1. The molecule has 3 aromatic rings. The lowest BCUT2D eigenvalue weighted by Crippen LogP contribution is -2.52. The zero-order chi connectivity index (χ0) is 31.6. The number of rotatable bonds is 15. The predicted molar refractivity (Wildman–Crippen MR) is 169 cm³/mol. The minimum absolute atomic E-state index is 0.0444. The number of amides is 2. The van der Waals surface area contributed by atoms with Crippen molar-refractivity contribution in [1.29, 1.82) is 0 Å². The second-order valence-corrected chi connectivity index (χ2v) is 12.6. The van der Waals surface area contributed by atoms with Gasteiger partial charge in [0.05, 0.1) is 24.3 Å². The Morgan fingerprint density at radius 3 is 2.30 bits per heavy atom. The fraction of sp³-hybridized carbons (Fsp3) is 0.375. The van der Waals surface area contributed by atoms with E-state index in [1.165, 1.54) is 29.2 Å². The highest BCUT2D eigenvalue weighted by Crippen LogP contribution is 2.33. The van der Waals surface area contributed by atoms with Gasteiger partial charge in [-0.1, -0.05) is 56.6 Å². The molecule has 0 aromatic heterocycles. The average Bonchev–Trinajstić information content (AvgIpc) is 2.99. The van der Waals surface area contributed by atoms with Crippen LogP contribution in [-0.4, -0.2) is 58.0 Å². The van der Waals surface area contributed by atoms with Gasteiger partial charge in [0.1, 0.15) is 24.1 Å². The molecule has 9 nitrogen and oxygen atoms in total. The van der Waals surface area contributed by atoms with Crippen LogP contribution in [0.15, 0.2) is 77.7 Å². The number of nitrogens with one attached hydrogen (secondary N) is 1. The summed E-state index contributed by atoms with van der Waals surface area (Å²) in [5.74, 6) is 0.239. The fourth-order valence-corrected chi connectivity index (χ4v) is 6.05. The molecule has 0 fully saturated rings. The van der Waals surface area contributed by atoms with E-state index in [4.69, 9.17) is 21.1 Å². The van der Waals surface area contributed by atoms with Gasteiger partial charge in [0, 0.05) is 18.1 Å². The highest BCUT2D eigenvalue weighted by atomic mass is 35.5. The van der Waals surface area contributed by atoms with Gasteiger partial charge < -0.3 is 19.7 Å². The Balaban J connectivity index is 2.11. The molecule has 0 aliphatic carbocycles. The summed E-state index contributed by atoms with van der Waals surface area (Å²) in [6.07, 6.45) is 0.319. The molecule has 1 N–H and O–H groups in total. The quantitative estimate of drug-likeness (QED) is 0.237. The summed E-state index contributed by atoms with van der Waals surface area (Å²) < 4.78 is 40.4. The van der Waals surface area contributed by atoms with Gasteiger partial charge in [0.15, 0.2) is 0 Å². The van der Waals surface area contributed by atoms with Gasteiger partial charge in [-0.25, -0.2) is 8.42 Å². The topological polar surface area (TPSA) is 105 Å². The van der Waals surface area contributed by atoms with Crippen LogP contribution in [-0.2, 0) is 26.2 Å². The second-order valence-electron chi connectivity index (χ2n) is 10.3. The van der Waals surface area contributed by atoms with Crippen molar-refractivity contribution >= 4 is 39.1 Å². The van der Waals surface area contributed by atoms with Gasteiger partial charge in [-0.2, -0.15) is 0 Å². The van der Waals surface area contributed by atoms with Crippen molar-refractivity contribution < 1.29 is 27.5 Å². The third kappa shape index (κ3) is 8.87. The maximum atomic E-state index is 14.3. The monoisotopic (exact) mass is 629 g/mol. The Labute approximate surface area is 259 Å². The van der Waals surface area contributed by atoms with Gasteiger partial charge in [0.25, 0.3) is 10.0 Å². The highest BCUT2D eigenvalue weighted by molar-refractivity contribution is 7.92. The summed E-state index contributed by atoms with van der Waals surface area (Å²) in [5.41, 5.74) is 0.927. The van der Waals surface area contributed by atoms with Gasteiger partial charge >= 0.3 is 0 Å². The number of hydrogen-bond donors (Lipinski definition) is 1. The van der Waals surface area contributed by atoms with Crippen LogP contribution in [0.4, 0.5) is 5.69 Å². The van der Waals surface area contributed by atoms with Crippen LogP contribution in [0, 0.1) is 5.92 Å². The molecule has 0 unspecified atom stereocenters. The number of ether oxygens (including phenoxy) is 2. The number of anilines is 1. The lowest BCUT2D eigenvalue weighted by atomic mass is 10.1. The number of carbonyl (C=O) groups excluding carboxylic acids is 2. The van der Waals surface area contributed by atoms with E-state index >= 15 is 0 Å². The van der Waals surface area contributed by atoms with Crippen molar-refractivity contribution in [2.75, 3.05) is 31.1 Å². The standard InChI is InChI=1S/C32H40ClN3O6S/c1-6-28(32(38)34-20-23(3)4)35(21-24-11-10-12-26(19-24)41-5)31(37)22-36(29-13-8-9-14-30(29)42-7-2)43(39,40)27-17-15-25(33)16-18-27/h8-19,23,28H,6-7,20-22H2,1-5H3,(H,34,38)/t28-/m1/s1. The molecule has 0 radical (unpaired) electrons. The van der Waals surface area contributed by atoms with Gasteiger partial charge in [0.2, 0.25) is 11.8 Å². The Bertz CT molecular complexity index is 1480. The third-order valence-corrected chi connectivity index (χ3v) is 8.70. The molecule has 0 saturated heterocycles. The zero-order valence-electron chi connectivity index (χ0n) is 25.2. The lowest BCUT2D eigenvalue weighted by molar-refractivity contribution is -0.140. The summed E-state index contributed by atoms with van der Waals surface area (Å²) in [7, 11) is -2.72. The van der Waals surface area contributed by atoms with E-state index in [1.807, 2.05) is 26.8 Å². The van der Waals surface area contributed by atoms with Crippen LogP contribution in [0.1, 0.15) is 39.7 Å². The number of para-hydroxylation sites is 2. The van der Waals surface area contributed by atoms with Crippen molar-refractivity contribution in [2.45, 2.75) is 51.6 Å². The summed E-state index contributed by atoms with van der Waals surface area (Å²) in [4.78, 5) is 29.1. The Kier molecular flexibility index (Phi) is 12.3. The molecule has 11 heteroatoms. The zero-order valence-corrected chi connectivity index (χ0v) is 26.8. The van der Waals surface area contributed by atoms with Crippen LogP contribution in [0.5, 0.6) is 11.5 Å². The number of hydrogen-bond acceptors (Lipinski definition) is 6.